The molecule has 0 fully saturated rings. The molecule has 146 valence electrons. The molecule has 0 saturated carbocycles. The fraction of sp³-hybridized carbons (Fsp3) is 0.667. The largest absolute Gasteiger partial charge is 0.387 e. The van der Waals surface area contributed by atoms with Crippen molar-refractivity contribution in [1.29, 1.82) is 0 Å². The molecule has 0 aliphatic rings. The van der Waals surface area contributed by atoms with Crippen molar-refractivity contribution in [2.24, 2.45) is 0 Å². The minimum atomic E-state index is -0.286. The van der Waals surface area contributed by atoms with Gasteiger partial charge in [0.2, 0.25) is 0 Å². The van der Waals surface area contributed by atoms with Crippen LogP contribution in [-0.4, -0.2) is 30.7 Å². The minimum absolute atomic E-state index is 0.0696. The van der Waals surface area contributed by atoms with Crippen LogP contribution >= 0.6 is 11.3 Å². The molecule has 0 unspecified atom stereocenters. The quantitative estimate of drug-likeness (QED) is 0.650. The molecule has 0 aliphatic carbocycles. The second-order valence-corrected chi connectivity index (χ2v) is 10.4. The van der Waals surface area contributed by atoms with Crippen LogP contribution in [0.4, 0.5) is 0 Å². The lowest BCUT2D eigenvalue weighted by atomic mass is 9.89. The highest BCUT2D eigenvalue weighted by molar-refractivity contribution is 7.11. The Hall–Kier alpha value is -2.16. The van der Waals surface area contributed by atoms with Gasteiger partial charge in [0.05, 0.1) is 15.8 Å². The third kappa shape index (κ3) is 4.40. The number of aromatic amines is 1. The van der Waals surface area contributed by atoms with Crippen LogP contribution < -0.4 is 4.68 Å². The van der Waals surface area contributed by atoms with E-state index < -0.39 is 0 Å². The van der Waals surface area contributed by atoms with Gasteiger partial charge in [0.25, 0.3) is 5.89 Å². The van der Waals surface area contributed by atoms with Gasteiger partial charge in [0.1, 0.15) is 0 Å². The van der Waals surface area contributed by atoms with E-state index in [1.807, 2.05) is 10.9 Å². The minimum Gasteiger partial charge on any atom is -0.387 e. The second kappa shape index (κ2) is 6.78. The number of hydrogen-bond acceptors (Lipinski definition) is 7. The average Bonchev–Trinajstić information content (AvgIpc) is 3.27. The molecule has 8 nitrogen and oxygen atoms in total. The molecule has 27 heavy (non-hydrogen) atoms. The summed E-state index contributed by atoms with van der Waals surface area (Å²) in [4.78, 5) is 5.83. The number of nitrogens with one attached hydrogen (secondary N) is 1. The predicted molar refractivity (Wildman–Crippen MR) is 101 cm³/mol. The summed E-state index contributed by atoms with van der Waals surface area (Å²) in [6, 6.07) is 0. The predicted octanol–water partition coefficient (Wildman–Crippen LogP) is 2.73. The maximum absolute atomic E-state index is 5.81. The molecule has 3 aromatic rings. The SMILES string of the molecule is CC(C)(C)c1ncc(CC(C)(C)c2n[n+](CC(C)(C)c3nnn[nH]3)co2)s1. The first-order valence-electron chi connectivity index (χ1n) is 9.02. The van der Waals surface area contributed by atoms with Crippen molar-refractivity contribution >= 4 is 11.3 Å². The summed E-state index contributed by atoms with van der Waals surface area (Å²) in [5.74, 6) is 1.43. The molecule has 0 amide bonds. The molecule has 0 spiro atoms. The number of tetrazole rings is 1. The van der Waals surface area contributed by atoms with Crippen molar-refractivity contribution in [2.45, 2.75) is 77.7 Å². The number of rotatable bonds is 6. The van der Waals surface area contributed by atoms with Crippen molar-refractivity contribution < 1.29 is 9.10 Å². The van der Waals surface area contributed by atoms with E-state index in [9.17, 15) is 0 Å². The molecule has 3 aromatic heterocycles. The topological polar surface area (TPSA) is 97.3 Å². The first-order chi connectivity index (χ1) is 12.5. The zero-order valence-corrected chi connectivity index (χ0v) is 17.9. The van der Waals surface area contributed by atoms with Gasteiger partial charge in [-0.05, 0) is 30.7 Å². The first-order valence-corrected chi connectivity index (χ1v) is 9.84. The van der Waals surface area contributed by atoms with Crippen LogP contribution in [0, 0.1) is 0 Å². The van der Waals surface area contributed by atoms with E-state index in [4.69, 9.17) is 4.42 Å². The first kappa shape index (κ1) is 19.6. The summed E-state index contributed by atoms with van der Waals surface area (Å²) in [7, 11) is 0. The summed E-state index contributed by atoms with van der Waals surface area (Å²) in [5.41, 5.74) is -0.448. The number of hydrogen-bond donors (Lipinski definition) is 1. The highest BCUT2D eigenvalue weighted by atomic mass is 32.1. The van der Waals surface area contributed by atoms with E-state index in [-0.39, 0.29) is 16.2 Å². The molecule has 0 aliphatic heterocycles. The van der Waals surface area contributed by atoms with Gasteiger partial charge >= 0.3 is 6.39 Å². The fourth-order valence-electron chi connectivity index (χ4n) is 2.81. The van der Waals surface area contributed by atoms with Crippen LogP contribution in [0.25, 0.3) is 0 Å². The standard InChI is InChI=1S/C18H28N7OS/c1-16(2,3)15-19-9-12(27-15)8-17(4,5)14-22-25(11-26-14)10-18(6,7)13-20-23-24-21-13/h9,11H,8,10H2,1-7H3,(H,20,21,23,24)/q+1. The van der Waals surface area contributed by atoms with Crippen molar-refractivity contribution in [3.05, 3.63) is 34.2 Å². The molecule has 0 atom stereocenters. The molecular formula is C18H28N7OS+. The zero-order chi connectivity index (χ0) is 19.9. The molecule has 3 rings (SSSR count). The third-order valence-corrected chi connectivity index (χ3v) is 5.86. The Morgan fingerprint density at radius 2 is 1.85 bits per heavy atom. The number of H-pyrrole nitrogens is 1. The Bertz CT molecular complexity index is 887. The zero-order valence-electron chi connectivity index (χ0n) is 17.1. The van der Waals surface area contributed by atoms with E-state index in [1.54, 1.807) is 17.7 Å². The summed E-state index contributed by atoms with van der Waals surface area (Å²) >= 11 is 1.76. The van der Waals surface area contributed by atoms with Gasteiger partial charge in [0, 0.05) is 21.6 Å². The number of thiazole rings is 1. The van der Waals surface area contributed by atoms with Gasteiger partial charge in [-0.3, -0.25) is 0 Å². The Kier molecular flexibility index (Phi) is 4.92. The van der Waals surface area contributed by atoms with Crippen LogP contribution in [0.3, 0.4) is 0 Å². The maximum atomic E-state index is 5.81. The highest BCUT2D eigenvalue weighted by Gasteiger charge is 2.35. The summed E-state index contributed by atoms with van der Waals surface area (Å²) < 4.78 is 7.63. The van der Waals surface area contributed by atoms with Crippen LogP contribution in [0.5, 0.6) is 0 Å². The van der Waals surface area contributed by atoms with E-state index in [2.05, 4.69) is 79.2 Å². The van der Waals surface area contributed by atoms with Crippen molar-refractivity contribution in [2.75, 3.05) is 0 Å². The maximum Gasteiger partial charge on any atom is 0.361 e. The highest BCUT2D eigenvalue weighted by Crippen LogP contribution is 2.32. The monoisotopic (exact) mass is 390 g/mol. The average molecular weight is 391 g/mol. The van der Waals surface area contributed by atoms with Crippen LogP contribution in [-0.2, 0) is 29.2 Å². The molecule has 9 heteroatoms. The lowest BCUT2D eigenvalue weighted by Gasteiger charge is -2.18. The molecule has 1 N–H and O–H groups in total. The van der Waals surface area contributed by atoms with Crippen molar-refractivity contribution in [1.82, 2.24) is 30.7 Å². The molecule has 0 saturated heterocycles. The van der Waals surface area contributed by atoms with Crippen LogP contribution in [0.1, 0.15) is 70.1 Å². The lowest BCUT2D eigenvalue weighted by molar-refractivity contribution is -0.761. The molecule has 0 bridgehead atoms. The van der Waals surface area contributed by atoms with E-state index in [0.29, 0.717) is 12.4 Å². The van der Waals surface area contributed by atoms with Gasteiger partial charge in [-0.1, -0.05) is 39.3 Å². The Balaban J connectivity index is 1.73. The lowest BCUT2D eigenvalue weighted by Crippen LogP contribution is -2.45. The summed E-state index contributed by atoms with van der Waals surface area (Å²) in [6.45, 7) is 15.6. The van der Waals surface area contributed by atoms with Crippen LogP contribution in [0.15, 0.2) is 17.0 Å². The smallest absolute Gasteiger partial charge is 0.361 e. The molecule has 0 radical (unpaired) electrons. The second-order valence-electron chi connectivity index (χ2n) is 9.30. The Labute approximate surface area is 163 Å². The fourth-order valence-corrected chi connectivity index (χ4v) is 4.01. The Morgan fingerprint density at radius 1 is 1.11 bits per heavy atom. The molecule has 0 aromatic carbocycles. The van der Waals surface area contributed by atoms with Gasteiger partial charge in [0.15, 0.2) is 12.4 Å². The third-order valence-electron chi connectivity index (χ3n) is 4.44. The van der Waals surface area contributed by atoms with Crippen molar-refractivity contribution in [3.8, 4) is 0 Å². The normalized spacial score (nSPS) is 13.3. The molecular weight excluding hydrogens is 362 g/mol. The number of nitrogens with zero attached hydrogens (tertiary/aromatic N) is 6. The number of aromatic nitrogens is 7. The van der Waals surface area contributed by atoms with E-state index in [1.165, 1.54) is 4.88 Å². The van der Waals surface area contributed by atoms with Gasteiger partial charge in [-0.25, -0.2) is 10.1 Å². The van der Waals surface area contributed by atoms with Crippen LogP contribution in [0.2, 0.25) is 0 Å². The van der Waals surface area contributed by atoms with E-state index >= 15 is 0 Å². The summed E-state index contributed by atoms with van der Waals surface area (Å²) in [6.07, 6.45) is 4.47. The van der Waals surface area contributed by atoms with Gasteiger partial charge < -0.3 is 4.42 Å². The Morgan fingerprint density at radius 3 is 2.44 bits per heavy atom. The van der Waals surface area contributed by atoms with Gasteiger partial charge in [-0.2, -0.15) is 0 Å². The van der Waals surface area contributed by atoms with Crippen molar-refractivity contribution in [3.63, 3.8) is 0 Å². The van der Waals surface area contributed by atoms with E-state index in [0.717, 1.165) is 17.3 Å². The van der Waals surface area contributed by atoms with Gasteiger partial charge in [-0.15, -0.1) is 16.4 Å². The summed E-state index contributed by atoms with van der Waals surface area (Å²) in [5, 5.41) is 20.0. The molecule has 3 heterocycles.